The number of nitrogens with zero attached hydrogens (tertiary/aromatic N) is 1. The molecule has 0 saturated heterocycles. The van der Waals surface area contributed by atoms with Gasteiger partial charge in [-0.2, -0.15) is 0 Å². The van der Waals surface area contributed by atoms with E-state index in [1.807, 2.05) is 13.0 Å². The number of benzene rings is 2. The maximum atomic E-state index is 13.2. The Bertz CT molecular complexity index is 1430. The first-order valence-electron chi connectivity index (χ1n) is 15.1. The van der Waals surface area contributed by atoms with Crippen LogP contribution in [0.25, 0.3) is 0 Å². The third-order valence-corrected chi connectivity index (χ3v) is 11.7. The fraction of sp³-hybridized carbons (Fsp3) is 0.594. The van der Waals surface area contributed by atoms with E-state index >= 15 is 0 Å². The molecule has 9 heteroatoms. The van der Waals surface area contributed by atoms with Crippen LogP contribution >= 0.6 is 11.6 Å². The van der Waals surface area contributed by atoms with Crippen LogP contribution in [-0.2, 0) is 21.9 Å². The Labute approximate surface area is 248 Å². The molecule has 2 N–H and O–H groups in total. The topological polar surface area (TPSA) is 95.9 Å². The van der Waals surface area contributed by atoms with Gasteiger partial charge in [0, 0.05) is 29.1 Å². The van der Waals surface area contributed by atoms with Gasteiger partial charge >= 0.3 is 0 Å². The summed E-state index contributed by atoms with van der Waals surface area (Å²) in [5.74, 6) is 0.536. The first-order chi connectivity index (χ1) is 19.5. The number of anilines is 1. The Morgan fingerprint density at radius 2 is 1.93 bits per heavy atom. The number of hydrogen-bond donors (Lipinski definition) is 2. The Kier molecular flexibility index (Phi) is 7.79. The van der Waals surface area contributed by atoms with Crippen molar-refractivity contribution in [3.8, 4) is 5.75 Å². The minimum Gasteiger partial charge on any atom is -0.490 e. The molecule has 41 heavy (non-hydrogen) atoms. The molecule has 0 radical (unpaired) electrons. The number of rotatable bonds is 0. The fourth-order valence-electron chi connectivity index (χ4n) is 7.92. The highest BCUT2D eigenvalue weighted by Gasteiger charge is 2.44. The number of amides is 1. The van der Waals surface area contributed by atoms with Gasteiger partial charge in [-0.1, -0.05) is 31.5 Å². The summed E-state index contributed by atoms with van der Waals surface area (Å²) in [5.41, 5.74) is 3.39. The van der Waals surface area contributed by atoms with Crippen LogP contribution in [0.2, 0.25) is 5.02 Å². The van der Waals surface area contributed by atoms with E-state index in [0.717, 1.165) is 49.4 Å². The van der Waals surface area contributed by atoms with Crippen molar-refractivity contribution in [1.29, 1.82) is 0 Å². The van der Waals surface area contributed by atoms with E-state index < -0.39 is 22.0 Å². The van der Waals surface area contributed by atoms with Crippen LogP contribution < -0.4 is 14.4 Å². The molecule has 0 aromatic heterocycles. The van der Waals surface area contributed by atoms with E-state index in [-0.39, 0.29) is 28.9 Å². The average molecular weight is 601 g/mol. The molecular weight excluding hydrogens is 560 g/mol. The standard InChI is InChI=1S/C32H41ClN2O5S/c1-20-12-21(2)17-41(38,39)34-31(37)23-6-10-30-28(15-23)35(16-24-5-8-26(24)29(36)13-20)18-32(19-40-30)11-3-4-22-14-25(33)7-9-27(22)32/h6-7,9-10,14-15,20-21,24,26,29,36H,3-5,8,11-13,16-19H2,1-2H3,(H,34,37)/t20-,21+,24+,26-,29-,32+/m1/s1. The molecule has 4 aliphatic rings. The number of halogens is 1. The van der Waals surface area contributed by atoms with Gasteiger partial charge < -0.3 is 14.7 Å². The Morgan fingerprint density at radius 3 is 2.71 bits per heavy atom. The summed E-state index contributed by atoms with van der Waals surface area (Å²) in [7, 11) is -3.82. The fourth-order valence-corrected chi connectivity index (χ4v) is 9.48. The van der Waals surface area contributed by atoms with Crippen LogP contribution in [0.4, 0.5) is 5.69 Å². The highest BCUT2D eigenvalue weighted by atomic mass is 35.5. The van der Waals surface area contributed by atoms with E-state index in [9.17, 15) is 18.3 Å². The van der Waals surface area contributed by atoms with E-state index in [4.69, 9.17) is 16.3 Å². The van der Waals surface area contributed by atoms with Crippen LogP contribution in [0.3, 0.4) is 0 Å². The van der Waals surface area contributed by atoms with Crippen LogP contribution in [0.15, 0.2) is 36.4 Å². The van der Waals surface area contributed by atoms with Gasteiger partial charge in [0.2, 0.25) is 10.0 Å². The van der Waals surface area contributed by atoms with Crippen LogP contribution in [0.1, 0.15) is 73.9 Å². The molecule has 1 spiro atoms. The van der Waals surface area contributed by atoms with E-state index in [0.29, 0.717) is 43.2 Å². The molecule has 0 unspecified atom stereocenters. The number of fused-ring (bicyclic) bond motifs is 4. The second-order valence-corrected chi connectivity index (χ2v) is 15.5. The van der Waals surface area contributed by atoms with Gasteiger partial charge in [0.05, 0.1) is 24.2 Å². The van der Waals surface area contributed by atoms with Crippen LogP contribution in [-0.4, -0.2) is 51.0 Å². The molecule has 2 aromatic rings. The molecule has 6 atom stereocenters. The molecule has 6 rings (SSSR count). The summed E-state index contributed by atoms with van der Waals surface area (Å²) < 4.78 is 34.7. The zero-order valence-corrected chi connectivity index (χ0v) is 25.5. The monoisotopic (exact) mass is 600 g/mol. The maximum Gasteiger partial charge on any atom is 0.264 e. The van der Waals surface area contributed by atoms with E-state index in [1.54, 1.807) is 18.2 Å². The lowest BCUT2D eigenvalue weighted by molar-refractivity contribution is 0.000591. The van der Waals surface area contributed by atoms with Crippen molar-refractivity contribution in [2.45, 2.75) is 70.3 Å². The van der Waals surface area contributed by atoms with Gasteiger partial charge in [-0.3, -0.25) is 4.79 Å². The summed E-state index contributed by atoms with van der Waals surface area (Å²) in [4.78, 5) is 15.6. The maximum absolute atomic E-state index is 13.2. The number of hydrogen-bond acceptors (Lipinski definition) is 6. The third-order valence-electron chi connectivity index (χ3n) is 9.93. The molecule has 7 nitrogen and oxygen atoms in total. The first-order valence-corrected chi connectivity index (χ1v) is 17.1. The summed E-state index contributed by atoms with van der Waals surface area (Å²) in [6.45, 7) is 5.95. The Balaban J connectivity index is 1.41. The highest BCUT2D eigenvalue weighted by molar-refractivity contribution is 7.90. The zero-order chi connectivity index (χ0) is 28.9. The number of aryl methyl sites for hydroxylation is 1. The molecule has 2 bridgehead atoms. The minimum atomic E-state index is -3.82. The number of aliphatic hydroxyl groups is 1. The average Bonchev–Trinajstić information content (AvgIpc) is 3.02. The van der Waals surface area contributed by atoms with Crippen LogP contribution in [0, 0.1) is 23.7 Å². The number of nitrogens with one attached hydrogen (secondary N) is 1. The lowest BCUT2D eigenvalue weighted by atomic mass is 9.67. The zero-order valence-electron chi connectivity index (χ0n) is 23.9. The molecule has 2 aliphatic heterocycles. The largest absolute Gasteiger partial charge is 0.490 e. The normalized spacial score (nSPS) is 33.4. The quantitative estimate of drug-likeness (QED) is 0.425. The molecule has 2 heterocycles. The van der Waals surface area contributed by atoms with Crippen molar-refractivity contribution < 1.29 is 23.1 Å². The van der Waals surface area contributed by atoms with Gasteiger partial charge in [-0.05, 0) is 110 Å². The van der Waals surface area contributed by atoms with Crippen molar-refractivity contribution in [1.82, 2.24) is 4.72 Å². The smallest absolute Gasteiger partial charge is 0.264 e. The SMILES string of the molecule is C[C@@H]1C[C@H](C)CS(=O)(=O)NC(=O)c2ccc3c(c2)N(C[C@@H]2CC[C@H]2[C@H](O)C1)C[C@@]1(CCCc2cc(Cl)ccc21)CO3. The summed E-state index contributed by atoms with van der Waals surface area (Å²) >= 11 is 6.38. The Hall–Kier alpha value is -2.29. The predicted molar refractivity (Wildman–Crippen MR) is 161 cm³/mol. The van der Waals surface area contributed by atoms with Gasteiger partial charge in [-0.25, -0.2) is 13.1 Å². The second kappa shape index (κ2) is 11.1. The highest BCUT2D eigenvalue weighted by Crippen LogP contribution is 2.47. The predicted octanol–water partition coefficient (Wildman–Crippen LogP) is 5.33. The summed E-state index contributed by atoms with van der Waals surface area (Å²) in [6.07, 6.45) is 5.96. The van der Waals surface area contributed by atoms with Gasteiger partial charge in [0.15, 0.2) is 0 Å². The third kappa shape index (κ3) is 5.84. The van der Waals surface area contributed by atoms with Crippen molar-refractivity contribution in [3.63, 3.8) is 0 Å². The van der Waals surface area contributed by atoms with Crippen molar-refractivity contribution in [2.75, 3.05) is 30.3 Å². The molecule has 2 aromatic carbocycles. The summed E-state index contributed by atoms with van der Waals surface area (Å²) in [6, 6.07) is 11.4. The van der Waals surface area contributed by atoms with Crippen molar-refractivity contribution in [2.24, 2.45) is 23.7 Å². The van der Waals surface area contributed by atoms with Gasteiger partial charge in [0.25, 0.3) is 5.91 Å². The molecule has 1 amide bonds. The van der Waals surface area contributed by atoms with Gasteiger partial charge in [-0.15, -0.1) is 0 Å². The van der Waals surface area contributed by atoms with Gasteiger partial charge in [0.1, 0.15) is 5.75 Å². The molecule has 2 aliphatic carbocycles. The molecule has 1 saturated carbocycles. The number of sulfonamides is 1. The second-order valence-electron chi connectivity index (χ2n) is 13.3. The number of carbonyl (C=O) groups is 1. The molecular formula is C32H41ClN2O5S. The van der Waals surface area contributed by atoms with E-state index in [2.05, 4.69) is 28.7 Å². The van der Waals surface area contributed by atoms with Crippen molar-refractivity contribution in [3.05, 3.63) is 58.1 Å². The first kappa shape index (κ1) is 28.8. The molecule has 222 valence electrons. The number of ether oxygens (including phenoxy) is 1. The minimum absolute atomic E-state index is 0.128. The van der Waals surface area contributed by atoms with E-state index in [1.165, 1.54) is 11.1 Å². The Morgan fingerprint density at radius 1 is 1.10 bits per heavy atom. The summed E-state index contributed by atoms with van der Waals surface area (Å²) in [5, 5.41) is 12.0. The number of aliphatic hydroxyl groups excluding tert-OH is 1. The lowest BCUT2D eigenvalue weighted by Gasteiger charge is -2.46. The number of carbonyl (C=O) groups excluding carboxylic acids is 1. The molecule has 1 fully saturated rings. The van der Waals surface area contributed by atoms with Crippen molar-refractivity contribution >= 4 is 33.2 Å². The lowest BCUT2D eigenvalue weighted by Crippen LogP contribution is -2.49. The van der Waals surface area contributed by atoms with Crippen LogP contribution in [0.5, 0.6) is 5.75 Å².